The maximum absolute atomic E-state index is 12.2. The van der Waals surface area contributed by atoms with Crippen LogP contribution < -0.4 is 10.0 Å². The van der Waals surface area contributed by atoms with Crippen molar-refractivity contribution in [1.82, 2.24) is 10.0 Å². The molecule has 0 aliphatic carbocycles. The maximum atomic E-state index is 12.2. The van der Waals surface area contributed by atoms with Crippen LogP contribution in [0.25, 0.3) is 0 Å². The lowest BCUT2D eigenvalue weighted by atomic mass is 10.2. The van der Waals surface area contributed by atoms with Crippen molar-refractivity contribution in [2.24, 2.45) is 0 Å². The summed E-state index contributed by atoms with van der Waals surface area (Å²) in [5.74, 6) is 0. The van der Waals surface area contributed by atoms with Crippen molar-refractivity contribution in [1.29, 1.82) is 0 Å². The van der Waals surface area contributed by atoms with Gasteiger partial charge < -0.3 is 5.32 Å². The Bertz CT molecular complexity index is 480. The van der Waals surface area contributed by atoms with Crippen LogP contribution >= 0.6 is 23.1 Å². The van der Waals surface area contributed by atoms with E-state index >= 15 is 0 Å². The van der Waals surface area contributed by atoms with Crippen molar-refractivity contribution < 1.29 is 8.42 Å². The van der Waals surface area contributed by atoms with E-state index in [1.54, 1.807) is 30.3 Å². The first-order valence-electron chi connectivity index (χ1n) is 5.58. The summed E-state index contributed by atoms with van der Waals surface area (Å²) < 4.78 is 27.0. The molecular weight excluding hydrogens is 288 g/mol. The van der Waals surface area contributed by atoms with Gasteiger partial charge in [-0.15, -0.1) is 11.3 Å². The molecule has 0 atom stereocenters. The van der Waals surface area contributed by atoms with Crippen LogP contribution in [0.15, 0.2) is 16.3 Å². The molecule has 1 aromatic rings. The highest BCUT2D eigenvalue weighted by Crippen LogP contribution is 2.24. The van der Waals surface area contributed by atoms with Crippen LogP contribution in [0.3, 0.4) is 0 Å². The highest BCUT2D eigenvalue weighted by molar-refractivity contribution is 8.00. The van der Waals surface area contributed by atoms with Crippen molar-refractivity contribution in [2.45, 2.75) is 30.0 Å². The SMILES string of the molecule is CNCc1sccc1S(=O)(=O)NCC(C)(C)SC. The summed E-state index contributed by atoms with van der Waals surface area (Å²) >= 11 is 3.10. The van der Waals surface area contributed by atoms with Crippen LogP contribution in [0.4, 0.5) is 0 Å². The summed E-state index contributed by atoms with van der Waals surface area (Å²) in [5.41, 5.74) is 0. The van der Waals surface area contributed by atoms with Gasteiger partial charge in [-0.3, -0.25) is 0 Å². The fraction of sp³-hybridized carbons (Fsp3) is 0.636. The second-order valence-corrected chi connectivity index (χ2v) is 8.78. The van der Waals surface area contributed by atoms with Crippen LogP contribution in [0.1, 0.15) is 18.7 Å². The number of rotatable bonds is 7. The van der Waals surface area contributed by atoms with E-state index in [9.17, 15) is 8.42 Å². The molecule has 0 fully saturated rings. The molecule has 0 unspecified atom stereocenters. The second-order valence-electron chi connectivity index (χ2n) is 4.53. The minimum atomic E-state index is -3.41. The third-order valence-electron chi connectivity index (χ3n) is 2.57. The first-order chi connectivity index (χ1) is 8.32. The summed E-state index contributed by atoms with van der Waals surface area (Å²) in [5, 5.41) is 4.79. The molecule has 0 aliphatic rings. The number of hydrogen-bond acceptors (Lipinski definition) is 5. The highest BCUT2D eigenvalue weighted by atomic mass is 32.2. The number of thiophene rings is 1. The molecule has 1 heterocycles. The predicted octanol–water partition coefficient (Wildman–Crippen LogP) is 1.89. The van der Waals surface area contributed by atoms with Crippen molar-refractivity contribution in [3.8, 4) is 0 Å². The molecule has 0 bridgehead atoms. The molecule has 0 amide bonds. The normalized spacial score (nSPS) is 12.9. The fourth-order valence-electron chi connectivity index (χ4n) is 1.28. The predicted molar refractivity (Wildman–Crippen MR) is 79.9 cm³/mol. The van der Waals surface area contributed by atoms with E-state index in [2.05, 4.69) is 10.0 Å². The molecule has 0 saturated carbocycles. The Kier molecular flexibility index (Phi) is 5.67. The van der Waals surface area contributed by atoms with E-state index in [0.717, 1.165) is 4.88 Å². The van der Waals surface area contributed by atoms with Gasteiger partial charge in [0.15, 0.2) is 0 Å². The van der Waals surface area contributed by atoms with Gasteiger partial charge in [0.25, 0.3) is 0 Å². The van der Waals surface area contributed by atoms with Gasteiger partial charge in [0.1, 0.15) is 0 Å². The Morgan fingerprint density at radius 1 is 1.44 bits per heavy atom. The summed E-state index contributed by atoms with van der Waals surface area (Å²) in [7, 11) is -1.60. The topological polar surface area (TPSA) is 58.2 Å². The van der Waals surface area contributed by atoms with Gasteiger partial charge in [0.2, 0.25) is 10.0 Å². The lowest BCUT2D eigenvalue weighted by Gasteiger charge is -2.22. The average Bonchev–Trinajstić information content (AvgIpc) is 2.76. The van der Waals surface area contributed by atoms with Gasteiger partial charge in [-0.2, -0.15) is 11.8 Å². The van der Waals surface area contributed by atoms with Crippen LogP contribution in [0.5, 0.6) is 0 Å². The van der Waals surface area contributed by atoms with Crippen molar-refractivity contribution in [2.75, 3.05) is 19.8 Å². The van der Waals surface area contributed by atoms with Gasteiger partial charge in [-0.1, -0.05) is 0 Å². The van der Waals surface area contributed by atoms with Crippen molar-refractivity contribution >= 4 is 33.1 Å². The van der Waals surface area contributed by atoms with E-state index in [0.29, 0.717) is 18.0 Å². The van der Waals surface area contributed by atoms with Crippen LogP contribution in [-0.2, 0) is 16.6 Å². The van der Waals surface area contributed by atoms with Crippen molar-refractivity contribution in [3.05, 3.63) is 16.3 Å². The van der Waals surface area contributed by atoms with Gasteiger partial charge in [-0.25, -0.2) is 13.1 Å². The van der Waals surface area contributed by atoms with Gasteiger partial charge in [0, 0.05) is 22.7 Å². The van der Waals surface area contributed by atoms with Crippen LogP contribution in [-0.4, -0.2) is 33.0 Å². The van der Waals surface area contributed by atoms with E-state index in [1.165, 1.54) is 11.3 Å². The Balaban J connectivity index is 2.83. The molecule has 1 rings (SSSR count). The van der Waals surface area contributed by atoms with Gasteiger partial charge in [-0.05, 0) is 38.6 Å². The number of sulfonamides is 1. The Labute approximate surface area is 118 Å². The molecule has 104 valence electrons. The Morgan fingerprint density at radius 3 is 2.67 bits per heavy atom. The van der Waals surface area contributed by atoms with E-state index in [-0.39, 0.29) is 4.75 Å². The highest BCUT2D eigenvalue weighted by Gasteiger charge is 2.23. The standard InChI is InChI=1S/C11H20N2O2S3/c1-11(2,16-4)8-13-18(14,15)10-5-6-17-9(10)7-12-3/h5-6,12-13H,7-8H2,1-4H3. The molecule has 1 aromatic heterocycles. The largest absolute Gasteiger partial charge is 0.315 e. The molecule has 2 N–H and O–H groups in total. The molecule has 0 aliphatic heterocycles. The third kappa shape index (κ3) is 4.24. The monoisotopic (exact) mass is 308 g/mol. The lowest BCUT2D eigenvalue weighted by Crippen LogP contribution is -2.36. The minimum Gasteiger partial charge on any atom is -0.315 e. The fourth-order valence-corrected chi connectivity index (χ4v) is 4.25. The molecular formula is C11H20N2O2S3. The average molecular weight is 308 g/mol. The zero-order chi connectivity index (χ0) is 13.8. The first-order valence-corrected chi connectivity index (χ1v) is 9.17. The molecule has 0 radical (unpaired) electrons. The number of nitrogens with one attached hydrogen (secondary N) is 2. The number of hydrogen-bond donors (Lipinski definition) is 2. The summed E-state index contributed by atoms with van der Waals surface area (Å²) in [6.45, 7) is 5.02. The van der Waals surface area contributed by atoms with E-state index in [1.807, 2.05) is 20.1 Å². The molecule has 0 saturated heterocycles. The smallest absolute Gasteiger partial charge is 0.241 e. The second kappa shape index (κ2) is 6.38. The lowest BCUT2D eigenvalue weighted by molar-refractivity contribution is 0.570. The summed E-state index contributed by atoms with van der Waals surface area (Å²) in [6, 6.07) is 1.66. The van der Waals surface area contributed by atoms with Gasteiger partial charge >= 0.3 is 0 Å². The Hall–Kier alpha value is -0.0800. The number of thioether (sulfide) groups is 1. The summed E-state index contributed by atoms with van der Waals surface area (Å²) in [4.78, 5) is 1.23. The molecule has 0 spiro atoms. The first kappa shape index (κ1) is 16.0. The van der Waals surface area contributed by atoms with Crippen molar-refractivity contribution in [3.63, 3.8) is 0 Å². The quantitative estimate of drug-likeness (QED) is 0.807. The van der Waals surface area contributed by atoms with Crippen LogP contribution in [0, 0.1) is 0 Å². The van der Waals surface area contributed by atoms with E-state index < -0.39 is 10.0 Å². The molecule has 7 heteroatoms. The zero-order valence-corrected chi connectivity index (χ0v) is 13.6. The maximum Gasteiger partial charge on any atom is 0.241 e. The van der Waals surface area contributed by atoms with Gasteiger partial charge in [0.05, 0.1) is 4.90 Å². The molecule has 18 heavy (non-hydrogen) atoms. The molecule has 4 nitrogen and oxygen atoms in total. The van der Waals surface area contributed by atoms with Crippen LogP contribution in [0.2, 0.25) is 0 Å². The summed E-state index contributed by atoms with van der Waals surface area (Å²) in [6.07, 6.45) is 1.98. The minimum absolute atomic E-state index is 0.105. The molecule has 0 aromatic carbocycles. The Morgan fingerprint density at radius 2 is 2.11 bits per heavy atom. The third-order valence-corrected chi connectivity index (χ3v) is 6.36. The zero-order valence-electron chi connectivity index (χ0n) is 11.1. The van der Waals surface area contributed by atoms with E-state index in [4.69, 9.17) is 0 Å².